The van der Waals surface area contributed by atoms with E-state index < -0.39 is 46.0 Å². The van der Waals surface area contributed by atoms with E-state index in [-0.39, 0.29) is 21.8 Å². The number of esters is 2. The molecule has 3 atom stereocenters. The van der Waals surface area contributed by atoms with Gasteiger partial charge in [-0.25, -0.2) is 0 Å². The first kappa shape index (κ1) is 21.6. The van der Waals surface area contributed by atoms with Crippen LogP contribution in [-0.4, -0.2) is 60.7 Å². The molecule has 10 heteroatoms. The normalized spacial score (nSPS) is 22.1. The quantitative estimate of drug-likeness (QED) is 0.512. The maximum atomic E-state index is 12.7. The topological polar surface area (TPSA) is 125 Å². The van der Waals surface area contributed by atoms with Crippen molar-refractivity contribution in [2.45, 2.75) is 23.5 Å². The summed E-state index contributed by atoms with van der Waals surface area (Å²) in [6, 6.07) is 4.31. The maximum Gasteiger partial charge on any atom is 0.318 e. The van der Waals surface area contributed by atoms with Crippen molar-refractivity contribution < 1.29 is 42.6 Å². The molecule has 28 heavy (non-hydrogen) atoms. The summed E-state index contributed by atoms with van der Waals surface area (Å²) in [5, 5.41) is 10.8. The Kier molecular flexibility index (Phi) is 6.57. The smallest absolute Gasteiger partial charge is 0.318 e. The van der Waals surface area contributed by atoms with Crippen molar-refractivity contribution in [2.24, 2.45) is 0 Å². The van der Waals surface area contributed by atoms with E-state index in [9.17, 15) is 23.7 Å². The van der Waals surface area contributed by atoms with Gasteiger partial charge in [-0.15, -0.1) is 0 Å². The van der Waals surface area contributed by atoms with Gasteiger partial charge in [0, 0.05) is 25.2 Å². The van der Waals surface area contributed by atoms with Gasteiger partial charge in [-0.1, -0.05) is 12.1 Å². The van der Waals surface area contributed by atoms with Gasteiger partial charge in [0.1, 0.15) is 5.75 Å². The number of carbonyl (C=O) groups is 3. The van der Waals surface area contributed by atoms with Crippen molar-refractivity contribution >= 4 is 34.8 Å². The zero-order valence-electron chi connectivity index (χ0n) is 15.7. The van der Waals surface area contributed by atoms with Crippen molar-refractivity contribution in [1.29, 1.82) is 0 Å². The van der Waals surface area contributed by atoms with Crippen LogP contribution in [0, 0.1) is 0 Å². The van der Waals surface area contributed by atoms with Gasteiger partial charge in [-0.2, -0.15) is 0 Å². The molecule has 0 aromatic heterocycles. The lowest BCUT2D eigenvalue weighted by Gasteiger charge is -2.40. The molecule has 2 rings (SSSR count). The molecule has 1 aromatic rings. The summed E-state index contributed by atoms with van der Waals surface area (Å²) < 4.78 is 33.1. The molecule has 0 fully saturated rings. The highest BCUT2D eigenvalue weighted by molar-refractivity contribution is 7.85. The standard InChI is InChI=1S/C18H20O9S/c1-10(20)27-18(9-19)11-6-5-7-12(28(23)8-13(21)24-2)14(11)15(22)16(25-3)17(18)26-4/h5-7,9,17,22H,8H2,1-4H3. The molecule has 1 aromatic carbocycles. The summed E-state index contributed by atoms with van der Waals surface area (Å²) in [4.78, 5) is 35.5. The summed E-state index contributed by atoms with van der Waals surface area (Å²) in [6.07, 6.45) is -0.921. The number of carbonyl (C=O) groups excluding carboxylic acids is 3. The zero-order valence-corrected chi connectivity index (χ0v) is 16.5. The van der Waals surface area contributed by atoms with Crippen LogP contribution in [-0.2, 0) is 49.7 Å². The van der Waals surface area contributed by atoms with Crippen LogP contribution >= 0.6 is 0 Å². The number of fused-ring (bicyclic) bond motifs is 1. The summed E-state index contributed by atoms with van der Waals surface area (Å²) in [7, 11) is 1.72. The van der Waals surface area contributed by atoms with Crippen LogP contribution < -0.4 is 0 Å². The molecule has 0 saturated carbocycles. The number of aldehydes is 1. The Morgan fingerprint density at radius 2 is 1.96 bits per heavy atom. The van der Waals surface area contributed by atoms with Crippen LogP contribution in [0.15, 0.2) is 28.9 Å². The number of ether oxygens (including phenoxy) is 4. The maximum absolute atomic E-state index is 12.7. The molecule has 9 nitrogen and oxygen atoms in total. The number of methoxy groups -OCH3 is 3. The first-order valence-corrected chi connectivity index (χ1v) is 9.34. The number of hydrogen-bond donors (Lipinski definition) is 1. The fourth-order valence-corrected chi connectivity index (χ4v) is 4.25. The largest absolute Gasteiger partial charge is 0.504 e. The van der Waals surface area contributed by atoms with E-state index in [0.717, 1.165) is 14.0 Å². The summed E-state index contributed by atoms with van der Waals surface area (Å²) in [5.74, 6) is -2.61. The van der Waals surface area contributed by atoms with Crippen molar-refractivity contribution in [2.75, 3.05) is 27.1 Å². The van der Waals surface area contributed by atoms with E-state index in [1.165, 1.54) is 32.4 Å². The third kappa shape index (κ3) is 3.52. The minimum atomic E-state index is -1.99. The SMILES string of the molecule is COC(=O)CS(=O)c1cccc2c1C(O)=C(OC)C(OC)C2(C=O)OC(C)=O. The number of benzene rings is 1. The highest BCUT2D eigenvalue weighted by Gasteiger charge is 2.54. The van der Waals surface area contributed by atoms with E-state index in [4.69, 9.17) is 14.2 Å². The van der Waals surface area contributed by atoms with E-state index in [2.05, 4.69) is 4.74 Å². The van der Waals surface area contributed by atoms with Gasteiger partial charge in [0.15, 0.2) is 23.9 Å². The molecule has 1 N–H and O–H groups in total. The Morgan fingerprint density at radius 3 is 2.46 bits per heavy atom. The van der Waals surface area contributed by atoms with E-state index in [0.29, 0.717) is 6.29 Å². The molecule has 1 aliphatic carbocycles. The van der Waals surface area contributed by atoms with Crippen LogP contribution in [0.2, 0.25) is 0 Å². The van der Waals surface area contributed by atoms with Crippen molar-refractivity contribution in [3.8, 4) is 0 Å². The molecule has 1 aliphatic rings. The Morgan fingerprint density at radius 1 is 1.29 bits per heavy atom. The number of hydrogen-bond acceptors (Lipinski definition) is 9. The van der Waals surface area contributed by atoms with E-state index in [1.54, 1.807) is 0 Å². The fraction of sp³-hybridized carbons (Fsp3) is 0.389. The van der Waals surface area contributed by atoms with Gasteiger partial charge < -0.3 is 24.1 Å². The molecule has 0 aliphatic heterocycles. The van der Waals surface area contributed by atoms with Crippen LogP contribution in [0.25, 0.3) is 5.76 Å². The number of rotatable bonds is 7. The predicted molar refractivity (Wildman–Crippen MR) is 96.6 cm³/mol. The third-order valence-corrected chi connectivity index (χ3v) is 5.54. The molecule has 0 bridgehead atoms. The molecule has 0 saturated heterocycles. The Balaban J connectivity index is 2.83. The zero-order chi connectivity index (χ0) is 21.1. The second kappa shape index (κ2) is 8.53. The minimum Gasteiger partial charge on any atom is -0.504 e. The Bertz CT molecular complexity index is 861. The second-order valence-corrected chi connectivity index (χ2v) is 7.20. The van der Waals surface area contributed by atoms with Crippen LogP contribution in [0.3, 0.4) is 0 Å². The van der Waals surface area contributed by atoms with Crippen molar-refractivity contribution in [3.63, 3.8) is 0 Å². The van der Waals surface area contributed by atoms with Crippen LogP contribution in [0.4, 0.5) is 0 Å². The van der Waals surface area contributed by atoms with E-state index in [1.807, 2.05) is 0 Å². The lowest BCUT2D eigenvalue weighted by molar-refractivity contribution is -0.178. The number of aliphatic hydroxyl groups is 1. The van der Waals surface area contributed by atoms with Crippen LogP contribution in [0.5, 0.6) is 0 Å². The van der Waals surface area contributed by atoms with Gasteiger partial charge in [0.2, 0.25) is 5.60 Å². The van der Waals surface area contributed by atoms with Gasteiger partial charge >= 0.3 is 11.9 Å². The lowest BCUT2D eigenvalue weighted by atomic mass is 9.79. The first-order chi connectivity index (χ1) is 13.3. The summed E-state index contributed by atoms with van der Waals surface area (Å²) in [6.45, 7) is 1.11. The number of aliphatic hydroxyl groups excluding tert-OH is 1. The van der Waals surface area contributed by atoms with Gasteiger partial charge in [0.25, 0.3) is 0 Å². The highest BCUT2D eigenvalue weighted by Crippen LogP contribution is 2.45. The minimum absolute atomic E-state index is 0.0387. The molecule has 3 unspecified atom stereocenters. The summed E-state index contributed by atoms with van der Waals surface area (Å²) >= 11 is 0. The predicted octanol–water partition coefficient (Wildman–Crippen LogP) is 0.826. The highest BCUT2D eigenvalue weighted by atomic mass is 32.2. The van der Waals surface area contributed by atoms with Crippen molar-refractivity contribution in [1.82, 2.24) is 0 Å². The van der Waals surface area contributed by atoms with Gasteiger partial charge in [0.05, 0.1) is 29.9 Å². The monoisotopic (exact) mass is 412 g/mol. The molecule has 152 valence electrons. The second-order valence-electron chi connectivity index (χ2n) is 5.78. The molecule has 0 amide bonds. The van der Waals surface area contributed by atoms with Gasteiger partial charge in [-0.3, -0.25) is 18.6 Å². The fourth-order valence-electron chi connectivity index (χ4n) is 3.10. The molecular weight excluding hydrogens is 392 g/mol. The molecule has 0 radical (unpaired) electrons. The molecule has 0 spiro atoms. The molecule has 0 heterocycles. The summed E-state index contributed by atoms with van der Waals surface area (Å²) in [5.41, 5.74) is -1.97. The third-order valence-electron chi connectivity index (χ3n) is 4.21. The first-order valence-electron chi connectivity index (χ1n) is 8.02. The van der Waals surface area contributed by atoms with Gasteiger partial charge in [-0.05, 0) is 6.07 Å². The van der Waals surface area contributed by atoms with Crippen molar-refractivity contribution in [3.05, 3.63) is 35.1 Å². The van der Waals surface area contributed by atoms with E-state index >= 15 is 0 Å². The lowest BCUT2D eigenvalue weighted by Crippen LogP contribution is -2.50. The Hall–Kier alpha value is -2.72. The average Bonchev–Trinajstić information content (AvgIpc) is 2.68. The average molecular weight is 412 g/mol. The van der Waals surface area contributed by atoms with Crippen LogP contribution in [0.1, 0.15) is 18.1 Å². The molecular formula is C18H20O9S. The Labute approximate surface area is 163 Å².